The molecule has 0 spiro atoms. The van der Waals surface area contributed by atoms with E-state index in [0.29, 0.717) is 42.7 Å². The van der Waals surface area contributed by atoms with Crippen molar-refractivity contribution < 1.29 is 13.2 Å². The second kappa shape index (κ2) is 8.50. The zero-order valence-corrected chi connectivity index (χ0v) is 17.7. The van der Waals surface area contributed by atoms with Crippen LogP contribution in [0.2, 0.25) is 0 Å². The first kappa shape index (κ1) is 20.5. The highest BCUT2D eigenvalue weighted by molar-refractivity contribution is 7.89. The number of nitrogens with zero attached hydrogens (tertiary/aromatic N) is 5. The van der Waals surface area contributed by atoms with Crippen LogP contribution in [0.5, 0.6) is 0 Å². The predicted octanol–water partition coefficient (Wildman–Crippen LogP) is 2.51. The molecule has 0 bridgehead atoms. The minimum atomic E-state index is -3.66. The van der Waals surface area contributed by atoms with E-state index in [9.17, 15) is 8.42 Å². The first-order chi connectivity index (χ1) is 14.5. The molecule has 1 atom stereocenters. The summed E-state index contributed by atoms with van der Waals surface area (Å²) in [6, 6.07) is 11.1. The van der Waals surface area contributed by atoms with Crippen molar-refractivity contribution in [3.05, 3.63) is 60.2 Å². The fourth-order valence-electron chi connectivity index (χ4n) is 3.35. The maximum Gasteiger partial charge on any atom is 0.246 e. The highest BCUT2D eigenvalue weighted by Crippen LogP contribution is 2.27. The van der Waals surface area contributed by atoms with Crippen molar-refractivity contribution in [2.45, 2.75) is 31.4 Å². The quantitative estimate of drug-likeness (QED) is 0.643. The molecule has 0 aromatic carbocycles. The van der Waals surface area contributed by atoms with E-state index in [1.807, 2.05) is 43.3 Å². The summed E-state index contributed by atoms with van der Waals surface area (Å²) < 4.78 is 35.3. The number of rotatable bonds is 6. The molecule has 1 aliphatic rings. The smallest absolute Gasteiger partial charge is 0.246 e. The van der Waals surface area contributed by atoms with Crippen molar-refractivity contribution in [3.8, 4) is 0 Å². The number of ether oxygens (including phenoxy) is 1. The van der Waals surface area contributed by atoms with Crippen LogP contribution >= 0.6 is 0 Å². The summed E-state index contributed by atoms with van der Waals surface area (Å²) in [5.41, 5.74) is 1.16. The van der Waals surface area contributed by atoms with Gasteiger partial charge in [0.2, 0.25) is 10.0 Å². The molecular formula is C20H24N6O3S. The van der Waals surface area contributed by atoms with Gasteiger partial charge in [-0.3, -0.25) is 4.68 Å². The minimum absolute atomic E-state index is 0.194. The molecule has 9 nitrogen and oxygen atoms in total. The Labute approximate surface area is 175 Å². The average molecular weight is 429 g/mol. The van der Waals surface area contributed by atoms with E-state index < -0.39 is 16.1 Å². The standard InChI is InChI=1S/C20H24N6O3S/c1-3-25-14-18(15(2)24-25)30(27,28)26-11-12-29-17(13-26)16-7-6-9-20(22-16)23-19-8-4-5-10-21-19/h4-10,14,17H,3,11-13H2,1-2H3,(H,21,22,23)/t17-/m1/s1. The lowest BCUT2D eigenvalue weighted by atomic mass is 10.2. The van der Waals surface area contributed by atoms with Crippen LogP contribution in [0.4, 0.5) is 11.6 Å². The zero-order chi connectivity index (χ0) is 21.1. The Morgan fingerprint density at radius 1 is 1.20 bits per heavy atom. The van der Waals surface area contributed by atoms with Gasteiger partial charge in [0.1, 0.15) is 22.6 Å². The fraction of sp³-hybridized carbons (Fsp3) is 0.350. The minimum Gasteiger partial charge on any atom is -0.369 e. The topological polar surface area (TPSA) is 102 Å². The van der Waals surface area contributed by atoms with Crippen molar-refractivity contribution in [2.24, 2.45) is 0 Å². The fourth-order valence-corrected chi connectivity index (χ4v) is 4.94. The number of nitrogens with one attached hydrogen (secondary N) is 1. The number of anilines is 2. The van der Waals surface area contributed by atoms with Gasteiger partial charge in [-0.1, -0.05) is 12.1 Å². The molecule has 3 aromatic rings. The van der Waals surface area contributed by atoms with Crippen LogP contribution in [0.15, 0.2) is 53.7 Å². The van der Waals surface area contributed by atoms with Crippen LogP contribution in [-0.4, -0.2) is 52.2 Å². The molecule has 0 unspecified atom stereocenters. The SMILES string of the molecule is CCn1cc(S(=O)(=O)N2CCO[C@@H](c3cccc(Nc4ccccn4)n3)C2)c(C)n1. The number of hydrogen-bond donors (Lipinski definition) is 1. The van der Waals surface area contributed by atoms with Crippen molar-refractivity contribution >= 4 is 21.7 Å². The summed E-state index contributed by atoms with van der Waals surface area (Å²) in [6.45, 7) is 5.03. The van der Waals surface area contributed by atoms with Gasteiger partial charge >= 0.3 is 0 Å². The number of sulfonamides is 1. The monoisotopic (exact) mass is 428 g/mol. The first-order valence-corrected chi connectivity index (χ1v) is 11.2. The molecule has 0 radical (unpaired) electrons. The molecule has 158 valence electrons. The Kier molecular flexibility index (Phi) is 5.80. The molecule has 1 fully saturated rings. The zero-order valence-electron chi connectivity index (χ0n) is 16.9. The molecule has 0 saturated carbocycles. The Morgan fingerprint density at radius 3 is 2.77 bits per heavy atom. The third kappa shape index (κ3) is 4.20. The van der Waals surface area contributed by atoms with Crippen LogP contribution in [0.25, 0.3) is 0 Å². The number of aromatic nitrogens is 4. The maximum absolute atomic E-state index is 13.2. The van der Waals surface area contributed by atoms with Crippen LogP contribution in [0.1, 0.15) is 24.4 Å². The van der Waals surface area contributed by atoms with Gasteiger partial charge in [-0.05, 0) is 38.1 Å². The molecule has 0 amide bonds. The number of pyridine rings is 2. The van der Waals surface area contributed by atoms with E-state index in [1.54, 1.807) is 24.0 Å². The molecule has 10 heteroatoms. The highest BCUT2D eigenvalue weighted by atomic mass is 32.2. The van der Waals surface area contributed by atoms with E-state index >= 15 is 0 Å². The molecule has 4 heterocycles. The van der Waals surface area contributed by atoms with Crippen molar-refractivity contribution in [2.75, 3.05) is 25.0 Å². The Balaban J connectivity index is 1.54. The van der Waals surface area contributed by atoms with Crippen molar-refractivity contribution in [1.82, 2.24) is 24.1 Å². The Hall–Kier alpha value is -2.82. The molecule has 1 N–H and O–H groups in total. The normalized spacial score (nSPS) is 17.7. The van der Waals surface area contributed by atoms with Crippen molar-refractivity contribution in [3.63, 3.8) is 0 Å². The van der Waals surface area contributed by atoms with Gasteiger partial charge in [0, 0.05) is 32.0 Å². The summed E-state index contributed by atoms with van der Waals surface area (Å²) in [7, 11) is -3.66. The average Bonchev–Trinajstić information content (AvgIpc) is 3.16. The van der Waals surface area contributed by atoms with Crippen LogP contribution in [0, 0.1) is 6.92 Å². The van der Waals surface area contributed by atoms with Crippen LogP contribution in [0.3, 0.4) is 0 Å². The Morgan fingerprint density at radius 2 is 2.03 bits per heavy atom. The number of hydrogen-bond acceptors (Lipinski definition) is 7. The molecule has 4 rings (SSSR count). The van der Waals surface area contributed by atoms with E-state index in [1.165, 1.54) is 4.31 Å². The predicted molar refractivity (Wildman–Crippen MR) is 112 cm³/mol. The molecule has 1 saturated heterocycles. The van der Waals surface area contributed by atoms with Gasteiger partial charge in [-0.2, -0.15) is 9.40 Å². The van der Waals surface area contributed by atoms with E-state index in [0.717, 1.165) is 0 Å². The maximum atomic E-state index is 13.2. The van der Waals surface area contributed by atoms with Gasteiger partial charge in [-0.15, -0.1) is 0 Å². The summed E-state index contributed by atoms with van der Waals surface area (Å²) in [4.78, 5) is 9.07. The lowest BCUT2D eigenvalue weighted by Gasteiger charge is -2.31. The van der Waals surface area contributed by atoms with Crippen LogP contribution < -0.4 is 5.32 Å². The van der Waals surface area contributed by atoms with Gasteiger partial charge in [-0.25, -0.2) is 18.4 Å². The molecule has 0 aliphatic carbocycles. The lowest BCUT2D eigenvalue weighted by molar-refractivity contribution is -0.00487. The second-order valence-corrected chi connectivity index (χ2v) is 8.85. The molecular weight excluding hydrogens is 404 g/mol. The van der Waals surface area contributed by atoms with Gasteiger partial charge in [0.15, 0.2) is 0 Å². The molecule has 1 aliphatic heterocycles. The van der Waals surface area contributed by atoms with Gasteiger partial charge < -0.3 is 10.1 Å². The molecule has 30 heavy (non-hydrogen) atoms. The van der Waals surface area contributed by atoms with Gasteiger partial charge in [0.05, 0.1) is 18.0 Å². The van der Waals surface area contributed by atoms with E-state index in [2.05, 4.69) is 20.4 Å². The largest absolute Gasteiger partial charge is 0.369 e. The first-order valence-electron chi connectivity index (χ1n) is 9.78. The third-order valence-electron chi connectivity index (χ3n) is 4.89. The number of aryl methyl sites for hydroxylation is 2. The Bertz CT molecular complexity index is 1120. The highest BCUT2D eigenvalue weighted by Gasteiger charge is 2.34. The van der Waals surface area contributed by atoms with E-state index in [-0.39, 0.29) is 11.4 Å². The summed E-state index contributed by atoms with van der Waals surface area (Å²) in [5, 5.41) is 7.42. The summed E-state index contributed by atoms with van der Waals surface area (Å²) >= 11 is 0. The lowest BCUT2D eigenvalue weighted by Crippen LogP contribution is -2.42. The number of morpholine rings is 1. The summed E-state index contributed by atoms with van der Waals surface area (Å²) in [5.74, 6) is 1.30. The van der Waals surface area contributed by atoms with E-state index in [4.69, 9.17) is 4.74 Å². The molecule has 3 aromatic heterocycles. The van der Waals surface area contributed by atoms with Crippen molar-refractivity contribution in [1.29, 1.82) is 0 Å². The third-order valence-corrected chi connectivity index (χ3v) is 6.86. The summed E-state index contributed by atoms with van der Waals surface area (Å²) in [6.07, 6.45) is 2.83. The second-order valence-electron chi connectivity index (χ2n) is 6.94. The van der Waals surface area contributed by atoms with Gasteiger partial charge in [0.25, 0.3) is 0 Å². The van der Waals surface area contributed by atoms with Crippen LogP contribution in [-0.2, 0) is 21.3 Å².